The van der Waals surface area contributed by atoms with Crippen molar-refractivity contribution in [2.45, 2.75) is 58.8 Å². The van der Waals surface area contributed by atoms with Crippen LogP contribution in [0, 0.1) is 0 Å². The van der Waals surface area contributed by atoms with Crippen LogP contribution in [-0.2, 0) is 18.3 Å². The molecule has 0 spiro atoms. The SMILES string of the molecule is CCO[Si](C)(OCC)C(CC)OC1OC1C. The van der Waals surface area contributed by atoms with Crippen LogP contribution in [0.4, 0.5) is 0 Å². The molecule has 1 fully saturated rings. The van der Waals surface area contributed by atoms with Crippen molar-refractivity contribution in [1.82, 2.24) is 0 Å². The Kier molecular flexibility index (Phi) is 5.40. The zero-order chi connectivity index (χ0) is 12.2. The van der Waals surface area contributed by atoms with E-state index < -0.39 is 8.56 Å². The van der Waals surface area contributed by atoms with Crippen molar-refractivity contribution >= 4 is 8.56 Å². The molecule has 1 aliphatic rings. The third kappa shape index (κ3) is 3.53. The normalized spacial score (nSPS) is 26.8. The van der Waals surface area contributed by atoms with E-state index in [-0.39, 0.29) is 18.1 Å². The van der Waals surface area contributed by atoms with Crippen LogP contribution in [0.2, 0.25) is 6.55 Å². The second-order valence-corrected chi connectivity index (χ2v) is 7.38. The van der Waals surface area contributed by atoms with Crippen LogP contribution in [0.15, 0.2) is 0 Å². The lowest BCUT2D eigenvalue weighted by molar-refractivity contribution is -0.00604. The van der Waals surface area contributed by atoms with E-state index >= 15 is 0 Å². The summed E-state index contributed by atoms with van der Waals surface area (Å²) in [6, 6.07) is 0. The van der Waals surface area contributed by atoms with E-state index in [9.17, 15) is 0 Å². The predicted octanol–water partition coefficient (Wildman–Crippen LogP) is 2.21. The summed E-state index contributed by atoms with van der Waals surface area (Å²) in [7, 11) is -2.23. The van der Waals surface area contributed by atoms with Crippen LogP contribution in [0.25, 0.3) is 0 Å². The lowest BCUT2D eigenvalue weighted by Gasteiger charge is -2.32. The summed E-state index contributed by atoms with van der Waals surface area (Å²) in [6.07, 6.45) is 1.06. The van der Waals surface area contributed by atoms with Gasteiger partial charge in [-0.2, -0.15) is 0 Å². The van der Waals surface area contributed by atoms with Crippen molar-refractivity contribution in [2.75, 3.05) is 13.2 Å². The largest absolute Gasteiger partial charge is 0.393 e. The zero-order valence-electron chi connectivity index (χ0n) is 11.0. The highest BCUT2D eigenvalue weighted by molar-refractivity contribution is 6.67. The molecule has 1 heterocycles. The fourth-order valence-corrected chi connectivity index (χ4v) is 4.59. The molecule has 4 nitrogen and oxygen atoms in total. The highest BCUT2D eigenvalue weighted by atomic mass is 28.4. The Balaban J connectivity index is 2.56. The number of rotatable bonds is 8. The molecule has 0 amide bonds. The van der Waals surface area contributed by atoms with Gasteiger partial charge in [0, 0.05) is 13.2 Å². The summed E-state index contributed by atoms with van der Waals surface area (Å²) >= 11 is 0. The molecule has 0 aliphatic carbocycles. The van der Waals surface area contributed by atoms with Crippen LogP contribution in [-0.4, -0.2) is 39.9 Å². The van der Waals surface area contributed by atoms with Crippen molar-refractivity contribution in [3.8, 4) is 0 Å². The molecule has 0 bridgehead atoms. The lowest BCUT2D eigenvalue weighted by atomic mass is 10.5. The van der Waals surface area contributed by atoms with Crippen LogP contribution >= 0.6 is 0 Å². The summed E-state index contributed by atoms with van der Waals surface area (Å²) < 4.78 is 22.8. The Bertz CT molecular complexity index is 206. The van der Waals surface area contributed by atoms with E-state index in [1.54, 1.807) is 0 Å². The average molecular weight is 248 g/mol. The van der Waals surface area contributed by atoms with Crippen molar-refractivity contribution in [1.29, 1.82) is 0 Å². The molecule has 1 rings (SSSR count). The first kappa shape index (κ1) is 14.1. The molecule has 5 heteroatoms. The molecule has 3 atom stereocenters. The van der Waals surface area contributed by atoms with Crippen molar-refractivity contribution in [3.63, 3.8) is 0 Å². The first-order valence-electron chi connectivity index (χ1n) is 6.16. The Morgan fingerprint density at radius 3 is 2.00 bits per heavy atom. The Labute approximate surface area is 99.5 Å². The second kappa shape index (κ2) is 6.12. The Morgan fingerprint density at radius 1 is 1.19 bits per heavy atom. The van der Waals surface area contributed by atoms with E-state index in [1.807, 2.05) is 20.8 Å². The minimum absolute atomic E-state index is 0.0438. The van der Waals surface area contributed by atoms with Crippen LogP contribution < -0.4 is 0 Å². The fraction of sp³-hybridized carbons (Fsp3) is 1.00. The van der Waals surface area contributed by atoms with Crippen molar-refractivity contribution in [3.05, 3.63) is 0 Å². The zero-order valence-corrected chi connectivity index (χ0v) is 12.0. The summed E-state index contributed by atoms with van der Waals surface area (Å²) in [5.74, 6) is 0. The van der Waals surface area contributed by atoms with Gasteiger partial charge < -0.3 is 18.3 Å². The molecule has 0 aromatic carbocycles. The summed E-state index contributed by atoms with van der Waals surface area (Å²) in [5.41, 5.74) is 0.0438. The highest BCUT2D eigenvalue weighted by Gasteiger charge is 2.46. The molecular weight excluding hydrogens is 224 g/mol. The smallest absolute Gasteiger partial charge is 0.364 e. The van der Waals surface area contributed by atoms with Gasteiger partial charge in [-0.1, -0.05) is 6.92 Å². The van der Waals surface area contributed by atoms with Gasteiger partial charge in [0.1, 0.15) is 11.8 Å². The highest BCUT2D eigenvalue weighted by Crippen LogP contribution is 2.28. The Hall–Kier alpha value is 0.0569. The van der Waals surface area contributed by atoms with Gasteiger partial charge in [-0.25, -0.2) is 0 Å². The minimum Gasteiger partial charge on any atom is -0.393 e. The van der Waals surface area contributed by atoms with E-state index in [1.165, 1.54) is 0 Å². The predicted molar refractivity (Wildman–Crippen MR) is 64.4 cm³/mol. The molecule has 3 unspecified atom stereocenters. The molecule has 1 aliphatic heterocycles. The van der Waals surface area contributed by atoms with E-state index in [0.717, 1.165) is 6.42 Å². The maximum atomic E-state index is 5.88. The standard InChI is InChI=1S/C11H24O4Si/c1-6-10(15-11-9(4)14-11)16(5,12-7-2)13-8-3/h9-11H,6-8H2,1-5H3. The molecular formula is C11H24O4Si. The van der Waals surface area contributed by atoms with Gasteiger partial charge in [-0.05, 0) is 33.7 Å². The Morgan fingerprint density at radius 2 is 1.69 bits per heavy atom. The maximum Gasteiger partial charge on any atom is 0.364 e. The molecule has 1 saturated heterocycles. The van der Waals surface area contributed by atoms with Gasteiger partial charge in [0.15, 0.2) is 6.29 Å². The molecule has 16 heavy (non-hydrogen) atoms. The quantitative estimate of drug-likeness (QED) is 0.488. The van der Waals surface area contributed by atoms with Crippen molar-refractivity contribution in [2.24, 2.45) is 0 Å². The van der Waals surface area contributed by atoms with Crippen LogP contribution in [0.5, 0.6) is 0 Å². The van der Waals surface area contributed by atoms with Gasteiger partial charge >= 0.3 is 8.56 Å². The van der Waals surface area contributed by atoms with Gasteiger partial charge in [-0.3, -0.25) is 0 Å². The third-order valence-electron chi connectivity index (χ3n) is 2.77. The monoisotopic (exact) mass is 248 g/mol. The number of hydrogen-bond acceptors (Lipinski definition) is 4. The molecule has 0 aromatic rings. The van der Waals surface area contributed by atoms with Crippen LogP contribution in [0.3, 0.4) is 0 Å². The summed E-state index contributed by atoms with van der Waals surface area (Å²) in [6.45, 7) is 11.5. The van der Waals surface area contributed by atoms with E-state index in [2.05, 4.69) is 13.5 Å². The van der Waals surface area contributed by atoms with Gasteiger partial charge in [0.25, 0.3) is 0 Å². The fourth-order valence-electron chi connectivity index (χ4n) is 1.86. The minimum atomic E-state index is -2.23. The van der Waals surface area contributed by atoms with Gasteiger partial charge in [-0.15, -0.1) is 0 Å². The molecule has 0 N–H and O–H groups in total. The third-order valence-corrected chi connectivity index (χ3v) is 6.21. The molecule has 0 saturated carbocycles. The summed E-state index contributed by atoms with van der Waals surface area (Å²) in [4.78, 5) is 0. The van der Waals surface area contributed by atoms with Gasteiger partial charge in [0.2, 0.25) is 0 Å². The van der Waals surface area contributed by atoms with E-state index in [0.29, 0.717) is 13.2 Å². The first-order valence-corrected chi connectivity index (χ1v) is 8.55. The summed E-state index contributed by atoms with van der Waals surface area (Å²) in [5, 5.41) is 0. The maximum absolute atomic E-state index is 5.88. The van der Waals surface area contributed by atoms with Crippen LogP contribution in [0.1, 0.15) is 34.1 Å². The van der Waals surface area contributed by atoms with E-state index in [4.69, 9.17) is 18.3 Å². The molecule has 0 aromatic heterocycles. The van der Waals surface area contributed by atoms with Crippen molar-refractivity contribution < 1.29 is 18.3 Å². The second-order valence-electron chi connectivity index (χ2n) is 4.12. The molecule has 0 radical (unpaired) electrons. The number of ether oxygens (including phenoxy) is 2. The lowest BCUT2D eigenvalue weighted by Crippen LogP contribution is -2.52. The first-order chi connectivity index (χ1) is 7.57. The number of epoxide rings is 1. The van der Waals surface area contributed by atoms with Gasteiger partial charge in [0.05, 0.1) is 0 Å². The number of hydrogen-bond donors (Lipinski definition) is 0. The average Bonchev–Trinajstić information content (AvgIpc) is 2.91. The topological polar surface area (TPSA) is 40.2 Å². The molecule has 96 valence electrons.